The average molecular weight is 206 g/mol. The van der Waals surface area contributed by atoms with Crippen molar-refractivity contribution in [2.75, 3.05) is 6.61 Å². The molecule has 0 radical (unpaired) electrons. The molecule has 0 heterocycles. The lowest BCUT2D eigenvalue weighted by Gasteiger charge is -2.33. The highest BCUT2D eigenvalue weighted by Gasteiger charge is 2.36. The Morgan fingerprint density at radius 2 is 1.79 bits per heavy atom. The lowest BCUT2D eigenvalue weighted by molar-refractivity contribution is -0.0513. The zero-order valence-electron chi connectivity index (χ0n) is 9.02. The third-order valence-electron chi connectivity index (χ3n) is 3.11. The fourth-order valence-corrected chi connectivity index (χ4v) is 2.15. The maximum absolute atomic E-state index is 12.8. The molecule has 0 unspecified atom stereocenters. The van der Waals surface area contributed by atoms with E-state index in [1.54, 1.807) is 0 Å². The van der Waals surface area contributed by atoms with Gasteiger partial charge in [0.1, 0.15) is 0 Å². The van der Waals surface area contributed by atoms with Crippen molar-refractivity contribution in [3.05, 3.63) is 0 Å². The third kappa shape index (κ3) is 3.52. The van der Waals surface area contributed by atoms with Crippen LogP contribution in [0.1, 0.15) is 46.0 Å². The summed E-state index contributed by atoms with van der Waals surface area (Å²) in [6.45, 7) is 4.11. The fourth-order valence-electron chi connectivity index (χ4n) is 2.15. The van der Waals surface area contributed by atoms with E-state index in [1.165, 1.54) is 0 Å². The topological polar surface area (TPSA) is 20.2 Å². The lowest BCUT2D eigenvalue weighted by Crippen LogP contribution is -2.28. The molecule has 0 saturated heterocycles. The van der Waals surface area contributed by atoms with Crippen molar-refractivity contribution in [2.24, 2.45) is 11.3 Å². The molecule has 1 aliphatic rings. The number of hydrogen-bond acceptors (Lipinski definition) is 1. The smallest absolute Gasteiger partial charge is 0.248 e. The first kappa shape index (κ1) is 11.9. The first-order valence-electron chi connectivity index (χ1n) is 5.33. The number of aliphatic hydroxyl groups is 1. The van der Waals surface area contributed by atoms with E-state index in [9.17, 15) is 8.78 Å². The summed E-state index contributed by atoms with van der Waals surface area (Å²) < 4.78 is 25.7. The summed E-state index contributed by atoms with van der Waals surface area (Å²) in [6, 6.07) is 0. The van der Waals surface area contributed by atoms with Crippen LogP contribution in [0.15, 0.2) is 0 Å². The molecule has 1 aliphatic carbocycles. The van der Waals surface area contributed by atoms with Crippen molar-refractivity contribution in [1.82, 2.24) is 0 Å². The standard InChI is InChI=1S/C11H20F2O/c1-10(2,8-14)7-9-3-5-11(12,13)6-4-9/h9,14H,3-8H2,1-2H3. The quantitative estimate of drug-likeness (QED) is 0.751. The van der Waals surface area contributed by atoms with Crippen LogP contribution in [0.2, 0.25) is 0 Å². The molecule has 0 aromatic heterocycles. The van der Waals surface area contributed by atoms with Gasteiger partial charge in [-0.25, -0.2) is 8.78 Å². The van der Waals surface area contributed by atoms with Crippen LogP contribution in [-0.4, -0.2) is 17.6 Å². The van der Waals surface area contributed by atoms with Gasteiger partial charge in [-0.3, -0.25) is 0 Å². The molecule has 1 rings (SSSR count). The average Bonchev–Trinajstić information content (AvgIpc) is 2.09. The van der Waals surface area contributed by atoms with Crippen LogP contribution in [0, 0.1) is 11.3 Å². The molecule has 3 heteroatoms. The van der Waals surface area contributed by atoms with Gasteiger partial charge in [0.25, 0.3) is 0 Å². The van der Waals surface area contributed by atoms with Crippen molar-refractivity contribution in [3.63, 3.8) is 0 Å². The summed E-state index contributed by atoms with van der Waals surface area (Å²) in [5, 5.41) is 9.08. The van der Waals surface area contributed by atoms with Crippen molar-refractivity contribution in [2.45, 2.75) is 51.9 Å². The predicted molar refractivity (Wildman–Crippen MR) is 52.4 cm³/mol. The fraction of sp³-hybridized carbons (Fsp3) is 1.00. The van der Waals surface area contributed by atoms with Crippen LogP contribution in [0.4, 0.5) is 8.78 Å². The SMILES string of the molecule is CC(C)(CO)CC1CCC(F)(F)CC1. The van der Waals surface area contributed by atoms with E-state index in [1.807, 2.05) is 13.8 Å². The van der Waals surface area contributed by atoms with E-state index >= 15 is 0 Å². The van der Waals surface area contributed by atoms with Gasteiger partial charge in [-0.05, 0) is 30.6 Å². The maximum atomic E-state index is 12.8. The highest BCUT2D eigenvalue weighted by Crippen LogP contribution is 2.40. The number of rotatable bonds is 3. The van der Waals surface area contributed by atoms with Gasteiger partial charge in [-0.1, -0.05) is 13.8 Å². The largest absolute Gasteiger partial charge is 0.396 e. The minimum Gasteiger partial charge on any atom is -0.396 e. The molecule has 0 spiro atoms. The van der Waals surface area contributed by atoms with Gasteiger partial charge < -0.3 is 5.11 Å². The molecule has 84 valence electrons. The molecule has 1 saturated carbocycles. The van der Waals surface area contributed by atoms with Crippen LogP contribution in [0.5, 0.6) is 0 Å². The summed E-state index contributed by atoms with van der Waals surface area (Å²) in [4.78, 5) is 0. The first-order valence-corrected chi connectivity index (χ1v) is 5.33. The monoisotopic (exact) mass is 206 g/mol. The summed E-state index contributed by atoms with van der Waals surface area (Å²) in [7, 11) is 0. The normalized spacial score (nSPS) is 23.8. The van der Waals surface area contributed by atoms with E-state index in [0.29, 0.717) is 18.8 Å². The van der Waals surface area contributed by atoms with Crippen LogP contribution < -0.4 is 0 Å². The Labute approximate surface area is 84.5 Å². The van der Waals surface area contributed by atoms with E-state index in [2.05, 4.69) is 0 Å². The highest BCUT2D eigenvalue weighted by molar-refractivity contribution is 4.81. The van der Waals surface area contributed by atoms with E-state index in [0.717, 1.165) is 6.42 Å². The molecular weight excluding hydrogens is 186 g/mol. The molecule has 0 atom stereocenters. The minimum atomic E-state index is -2.43. The van der Waals surface area contributed by atoms with Gasteiger partial charge in [0.2, 0.25) is 5.92 Å². The summed E-state index contributed by atoms with van der Waals surface area (Å²) >= 11 is 0. The van der Waals surface area contributed by atoms with E-state index in [4.69, 9.17) is 5.11 Å². The second-order valence-electron chi connectivity index (χ2n) is 5.33. The van der Waals surface area contributed by atoms with Crippen LogP contribution in [0.3, 0.4) is 0 Å². The second kappa shape index (κ2) is 4.13. The Hall–Kier alpha value is -0.180. The van der Waals surface area contributed by atoms with Gasteiger partial charge in [0.05, 0.1) is 0 Å². The molecule has 14 heavy (non-hydrogen) atoms. The molecule has 0 aromatic carbocycles. The zero-order chi connectivity index (χ0) is 10.8. The predicted octanol–water partition coefficient (Wildman–Crippen LogP) is 3.22. The van der Waals surface area contributed by atoms with Crippen LogP contribution in [-0.2, 0) is 0 Å². The van der Waals surface area contributed by atoms with E-state index < -0.39 is 5.92 Å². The molecule has 1 N–H and O–H groups in total. The summed E-state index contributed by atoms with van der Waals surface area (Å²) in [5.41, 5.74) is -0.114. The first-order chi connectivity index (χ1) is 6.35. The Balaban J connectivity index is 2.36. The van der Waals surface area contributed by atoms with Gasteiger partial charge in [-0.2, -0.15) is 0 Å². The minimum absolute atomic E-state index is 0.0270. The Morgan fingerprint density at radius 1 is 1.29 bits per heavy atom. The lowest BCUT2D eigenvalue weighted by atomic mass is 9.76. The molecular formula is C11H20F2O. The zero-order valence-corrected chi connectivity index (χ0v) is 9.02. The third-order valence-corrected chi connectivity index (χ3v) is 3.11. The Morgan fingerprint density at radius 3 is 2.21 bits per heavy atom. The number of aliphatic hydroxyl groups excluding tert-OH is 1. The molecule has 0 aromatic rings. The maximum Gasteiger partial charge on any atom is 0.248 e. The highest BCUT2D eigenvalue weighted by atomic mass is 19.3. The number of hydrogen-bond donors (Lipinski definition) is 1. The number of alkyl halides is 2. The van der Waals surface area contributed by atoms with Crippen molar-refractivity contribution >= 4 is 0 Å². The summed E-state index contributed by atoms with van der Waals surface area (Å²) in [5.74, 6) is -2.06. The van der Waals surface area contributed by atoms with Crippen molar-refractivity contribution in [1.29, 1.82) is 0 Å². The van der Waals surface area contributed by atoms with Gasteiger partial charge in [0, 0.05) is 19.4 Å². The number of halogens is 2. The Kier molecular flexibility index (Phi) is 3.51. The van der Waals surface area contributed by atoms with Crippen LogP contribution in [0.25, 0.3) is 0 Å². The van der Waals surface area contributed by atoms with Crippen molar-refractivity contribution in [3.8, 4) is 0 Å². The van der Waals surface area contributed by atoms with Crippen LogP contribution >= 0.6 is 0 Å². The molecule has 1 fully saturated rings. The van der Waals surface area contributed by atoms with Gasteiger partial charge >= 0.3 is 0 Å². The van der Waals surface area contributed by atoms with Crippen molar-refractivity contribution < 1.29 is 13.9 Å². The molecule has 0 aliphatic heterocycles. The van der Waals surface area contributed by atoms with Gasteiger partial charge in [0.15, 0.2) is 0 Å². The Bertz CT molecular complexity index is 180. The second-order valence-corrected chi connectivity index (χ2v) is 5.33. The molecule has 0 amide bonds. The molecule has 1 nitrogen and oxygen atoms in total. The van der Waals surface area contributed by atoms with E-state index in [-0.39, 0.29) is 24.9 Å². The van der Waals surface area contributed by atoms with Gasteiger partial charge in [-0.15, -0.1) is 0 Å². The molecule has 0 bridgehead atoms. The summed E-state index contributed by atoms with van der Waals surface area (Å²) in [6.07, 6.45) is 2.13.